The molecule has 29 heavy (non-hydrogen) atoms. The van der Waals surface area contributed by atoms with Gasteiger partial charge in [-0.15, -0.1) is 0 Å². The summed E-state index contributed by atoms with van der Waals surface area (Å²) >= 11 is 0. The highest BCUT2D eigenvalue weighted by Crippen LogP contribution is 2.66. The van der Waals surface area contributed by atoms with Crippen molar-refractivity contribution in [3.05, 3.63) is 11.6 Å². The zero-order chi connectivity index (χ0) is 21.0. The fraction of sp³-hybridized carbons (Fsp3) is 0.889. The number of ketones is 1. The molecule has 0 amide bonds. The van der Waals surface area contributed by atoms with Gasteiger partial charge in [0.05, 0.1) is 6.10 Å². The maximum atomic E-state index is 13.7. The first-order chi connectivity index (χ1) is 13.7. The summed E-state index contributed by atoms with van der Waals surface area (Å²) in [4.78, 5) is 13.7. The number of Topliss-reactive ketones (excluding diaryl/α,β-unsaturated/α-hetero) is 1. The largest absolute Gasteiger partial charge is 0.393 e. The van der Waals surface area contributed by atoms with Crippen LogP contribution in [0.2, 0.25) is 0 Å². The lowest BCUT2D eigenvalue weighted by Crippen LogP contribution is -2.55. The fourth-order valence-corrected chi connectivity index (χ4v) is 8.49. The summed E-state index contributed by atoms with van der Waals surface area (Å²) in [6, 6.07) is 0. The summed E-state index contributed by atoms with van der Waals surface area (Å²) in [6.45, 7) is 12.0. The van der Waals surface area contributed by atoms with E-state index in [1.54, 1.807) is 0 Å². The highest BCUT2D eigenvalue weighted by Gasteiger charge is 2.62. The molecule has 8 atom stereocenters. The Labute approximate surface area is 178 Å². The van der Waals surface area contributed by atoms with Gasteiger partial charge in [0.15, 0.2) is 0 Å². The number of allylic oxidation sites excluding steroid dienone is 1. The Balaban J connectivity index is 1.55. The predicted octanol–water partition coefficient (Wildman–Crippen LogP) is 6.57. The van der Waals surface area contributed by atoms with E-state index in [0.29, 0.717) is 17.6 Å². The molecule has 4 aliphatic carbocycles. The van der Waals surface area contributed by atoms with Crippen LogP contribution in [0.4, 0.5) is 0 Å². The van der Waals surface area contributed by atoms with Crippen LogP contribution in [-0.2, 0) is 4.79 Å². The molecule has 0 heterocycles. The molecule has 0 spiro atoms. The smallest absolute Gasteiger partial charge is 0.137 e. The number of hydrogen-bond acceptors (Lipinski definition) is 2. The van der Waals surface area contributed by atoms with Crippen LogP contribution in [0.15, 0.2) is 11.6 Å². The van der Waals surface area contributed by atoms with Gasteiger partial charge in [-0.1, -0.05) is 65.5 Å². The van der Waals surface area contributed by atoms with E-state index in [1.807, 2.05) is 0 Å². The van der Waals surface area contributed by atoms with Gasteiger partial charge < -0.3 is 5.11 Å². The van der Waals surface area contributed by atoms with E-state index in [4.69, 9.17) is 0 Å². The van der Waals surface area contributed by atoms with Crippen molar-refractivity contribution in [2.45, 2.75) is 105 Å². The van der Waals surface area contributed by atoms with Crippen molar-refractivity contribution in [3.8, 4) is 0 Å². The van der Waals surface area contributed by atoms with Crippen molar-refractivity contribution < 1.29 is 9.90 Å². The minimum Gasteiger partial charge on any atom is -0.393 e. The Kier molecular flexibility index (Phi) is 5.82. The summed E-state index contributed by atoms with van der Waals surface area (Å²) in [5.41, 5.74) is 1.62. The van der Waals surface area contributed by atoms with Crippen LogP contribution in [0, 0.1) is 46.3 Å². The second-order valence-corrected chi connectivity index (χ2v) is 12.2. The summed E-state index contributed by atoms with van der Waals surface area (Å²) in [6.07, 6.45) is 13.4. The van der Waals surface area contributed by atoms with Crippen LogP contribution in [0.5, 0.6) is 0 Å². The number of aliphatic hydroxyl groups is 1. The molecule has 0 aromatic rings. The van der Waals surface area contributed by atoms with Crippen molar-refractivity contribution in [2.75, 3.05) is 0 Å². The van der Waals surface area contributed by atoms with E-state index in [9.17, 15) is 9.90 Å². The van der Waals surface area contributed by atoms with Crippen molar-refractivity contribution in [2.24, 2.45) is 46.3 Å². The van der Waals surface area contributed by atoms with Gasteiger partial charge in [0.1, 0.15) is 5.78 Å². The molecule has 1 N–H and O–H groups in total. The number of aliphatic hydroxyl groups excluding tert-OH is 1. The molecule has 0 bridgehead atoms. The number of hydrogen-bond donors (Lipinski definition) is 1. The molecule has 0 radical (unpaired) electrons. The van der Waals surface area contributed by atoms with Crippen molar-refractivity contribution in [1.82, 2.24) is 0 Å². The number of carbonyl (C=O) groups excluding carboxylic acids is 1. The Bertz CT molecular complexity index is 663. The molecule has 3 saturated carbocycles. The summed E-state index contributed by atoms with van der Waals surface area (Å²) in [7, 11) is 0. The van der Waals surface area contributed by atoms with Crippen LogP contribution >= 0.6 is 0 Å². The zero-order valence-corrected chi connectivity index (χ0v) is 19.5. The van der Waals surface area contributed by atoms with E-state index in [0.717, 1.165) is 49.9 Å². The van der Waals surface area contributed by atoms with Gasteiger partial charge in [0, 0.05) is 12.3 Å². The third-order valence-electron chi connectivity index (χ3n) is 9.97. The first-order valence-electron chi connectivity index (χ1n) is 12.6. The maximum absolute atomic E-state index is 13.7. The molecule has 0 aromatic heterocycles. The normalized spacial score (nSPS) is 45.4. The molecule has 0 aliphatic heterocycles. The number of fused-ring (bicyclic) bond motifs is 5. The van der Waals surface area contributed by atoms with Gasteiger partial charge in [-0.05, 0) is 78.9 Å². The second-order valence-electron chi connectivity index (χ2n) is 12.2. The standard InChI is InChI=1S/C27H44O2/c1-17(2)7-6-8-18(3)22-11-12-23-21-10-9-19-15-20(28)13-14-26(19,4)25(21)24(29)16-27(22,23)5/h9,17-18,20-23,25,28H,6-8,10-16H2,1-5H3/t18?,20-,21+,22-,23+,25-,26+,27-/m1/s1. The fourth-order valence-electron chi connectivity index (χ4n) is 8.49. The molecule has 164 valence electrons. The second kappa shape index (κ2) is 7.81. The van der Waals surface area contributed by atoms with E-state index >= 15 is 0 Å². The van der Waals surface area contributed by atoms with E-state index in [-0.39, 0.29) is 22.9 Å². The third-order valence-corrected chi connectivity index (χ3v) is 9.97. The summed E-state index contributed by atoms with van der Waals surface area (Å²) in [5.74, 6) is 4.27. The van der Waals surface area contributed by atoms with Crippen LogP contribution in [0.1, 0.15) is 98.8 Å². The topological polar surface area (TPSA) is 37.3 Å². The molecule has 2 heteroatoms. The van der Waals surface area contributed by atoms with Gasteiger partial charge in [-0.25, -0.2) is 0 Å². The van der Waals surface area contributed by atoms with Crippen LogP contribution in [0.3, 0.4) is 0 Å². The van der Waals surface area contributed by atoms with Gasteiger partial charge in [-0.3, -0.25) is 4.79 Å². The summed E-state index contributed by atoms with van der Waals surface area (Å²) < 4.78 is 0. The Morgan fingerprint density at radius 2 is 1.90 bits per heavy atom. The average Bonchev–Trinajstić information content (AvgIpc) is 2.98. The lowest BCUT2D eigenvalue weighted by molar-refractivity contribution is -0.145. The van der Waals surface area contributed by atoms with Crippen molar-refractivity contribution >= 4 is 5.78 Å². The van der Waals surface area contributed by atoms with Gasteiger partial charge >= 0.3 is 0 Å². The van der Waals surface area contributed by atoms with E-state index < -0.39 is 0 Å². The van der Waals surface area contributed by atoms with Crippen LogP contribution in [0.25, 0.3) is 0 Å². The molecule has 0 aromatic carbocycles. The first-order valence-corrected chi connectivity index (χ1v) is 12.6. The first kappa shape index (κ1) is 21.6. The van der Waals surface area contributed by atoms with Crippen molar-refractivity contribution in [1.29, 1.82) is 0 Å². The number of rotatable bonds is 5. The quantitative estimate of drug-likeness (QED) is 0.530. The van der Waals surface area contributed by atoms with Crippen LogP contribution in [-0.4, -0.2) is 17.0 Å². The molecule has 1 unspecified atom stereocenters. The van der Waals surface area contributed by atoms with E-state index in [1.165, 1.54) is 37.7 Å². The minimum absolute atomic E-state index is 0.0154. The lowest BCUT2D eigenvalue weighted by Gasteiger charge is -2.57. The molecule has 2 nitrogen and oxygen atoms in total. The lowest BCUT2D eigenvalue weighted by atomic mass is 9.46. The molecular formula is C27H44O2. The highest BCUT2D eigenvalue weighted by atomic mass is 16.3. The molecule has 4 aliphatic rings. The van der Waals surface area contributed by atoms with Gasteiger partial charge in [0.2, 0.25) is 0 Å². The minimum atomic E-state index is -0.197. The maximum Gasteiger partial charge on any atom is 0.137 e. The average molecular weight is 401 g/mol. The highest BCUT2D eigenvalue weighted by molar-refractivity contribution is 5.85. The molecule has 0 saturated heterocycles. The predicted molar refractivity (Wildman–Crippen MR) is 119 cm³/mol. The molecule has 4 rings (SSSR count). The molecular weight excluding hydrogens is 356 g/mol. The SMILES string of the molecule is CC(C)CCCC(C)[C@H]1CC[C@H]2[C@@H]3CC=C4C[C@H](O)CC[C@]4(C)[C@H]3C(=O)C[C@]12C. The third kappa shape index (κ3) is 3.56. The van der Waals surface area contributed by atoms with E-state index in [2.05, 4.69) is 40.7 Å². The monoisotopic (exact) mass is 400 g/mol. The van der Waals surface area contributed by atoms with Gasteiger partial charge in [0.25, 0.3) is 0 Å². The van der Waals surface area contributed by atoms with Crippen molar-refractivity contribution in [3.63, 3.8) is 0 Å². The van der Waals surface area contributed by atoms with Gasteiger partial charge in [-0.2, -0.15) is 0 Å². The molecule has 3 fully saturated rings. The Morgan fingerprint density at radius 1 is 1.14 bits per heavy atom. The summed E-state index contributed by atoms with van der Waals surface area (Å²) in [5, 5.41) is 10.2. The van der Waals surface area contributed by atoms with Crippen LogP contribution < -0.4 is 0 Å². The Morgan fingerprint density at radius 3 is 2.62 bits per heavy atom. The number of carbonyl (C=O) groups is 1. The zero-order valence-electron chi connectivity index (χ0n) is 19.5. The Hall–Kier alpha value is -0.630.